The Balaban J connectivity index is 1.72. The van der Waals surface area contributed by atoms with Crippen molar-refractivity contribution < 1.29 is 4.79 Å². The van der Waals surface area contributed by atoms with Crippen LogP contribution in [0.15, 0.2) is 53.9 Å². The molecule has 0 atom stereocenters. The number of rotatable bonds is 5. The van der Waals surface area contributed by atoms with E-state index >= 15 is 0 Å². The first-order valence-corrected chi connectivity index (χ1v) is 9.39. The van der Waals surface area contributed by atoms with Crippen molar-refractivity contribution in [1.29, 1.82) is 0 Å². The van der Waals surface area contributed by atoms with E-state index in [-0.39, 0.29) is 5.91 Å². The highest BCUT2D eigenvalue weighted by atomic mass is 35.5. The van der Waals surface area contributed by atoms with E-state index in [1.165, 1.54) is 16.9 Å². The summed E-state index contributed by atoms with van der Waals surface area (Å²) in [6.45, 7) is 4.42. The monoisotopic (exact) mass is 370 g/mol. The van der Waals surface area contributed by atoms with Gasteiger partial charge >= 0.3 is 0 Å². The summed E-state index contributed by atoms with van der Waals surface area (Å²) in [4.78, 5) is 16.8. The lowest BCUT2D eigenvalue weighted by Crippen LogP contribution is -2.12. The predicted octanol–water partition coefficient (Wildman–Crippen LogP) is 5.91. The molecule has 0 aliphatic carbocycles. The van der Waals surface area contributed by atoms with Gasteiger partial charge in [0.1, 0.15) is 0 Å². The van der Waals surface area contributed by atoms with E-state index in [1.54, 1.807) is 24.3 Å². The second-order valence-electron chi connectivity index (χ2n) is 6.27. The average Bonchev–Trinajstić information content (AvgIpc) is 3.04. The summed E-state index contributed by atoms with van der Waals surface area (Å²) in [5.74, 6) is 0.385. The summed E-state index contributed by atoms with van der Waals surface area (Å²) in [5.41, 5.74) is 3.66. The van der Waals surface area contributed by atoms with Gasteiger partial charge in [0.2, 0.25) is 0 Å². The minimum atomic E-state index is -0.251. The van der Waals surface area contributed by atoms with Gasteiger partial charge in [-0.3, -0.25) is 10.1 Å². The third-order valence-corrected chi connectivity index (χ3v) is 4.82. The maximum Gasteiger partial charge on any atom is 0.258 e. The molecule has 0 aliphatic heterocycles. The maximum atomic E-state index is 12.3. The van der Waals surface area contributed by atoms with Gasteiger partial charge in [0.25, 0.3) is 5.91 Å². The van der Waals surface area contributed by atoms with Gasteiger partial charge in [-0.1, -0.05) is 61.8 Å². The molecule has 1 N–H and O–H groups in total. The molecule has 0 aliphatic rings. The number of benzene rings is 2. The van der Waals surface area contributed by atoms with E-state index in [1.807, 2.05) is 5.38 Å². The number of anilines is 1. The van der Waals surface area contributed by atoms with Crippen molar-refractivity contribution in [2.24, 2.45) is 5.92 Å². The third-order valence-electron chi connectivity index (χ3n) is 3.74. The van der Waals surface area contributed by atoms with Crippen LogP contribution in [-0.4, -0.2) is 10.9 Å². The summed E-state index contributed by atoms with van der Waals surface area (Å²) in [6, 6.07) is 15.4. The number of nitrogens with zero attached hydrogens (tertiary/aromatic N) is 1. The standard InChI is InChI=1S/C20H19ClN2OS/c1-13(2)11-14-7-9-15(10-8-14)18-12-25-20(22-18)23-19(24)16-5-3-4-6-17(16)21/h3-10,12-13H,11H2,1-2H3,(H,22,23,24). The number of hydrogen-bond donors (Lipinski definition) is 1. The maximum absolute atomic E-state index is 12.3. The second-order valence-corrected chi connectivity index (χ2v) is 7.53. The number of thiazole rings is 1. The van der Waals surface area contributed by atoms with Crippen molar-refractivity contribution in [2.45, 2.75) is 20.3 Å². The molecule has 0 bridgehead atoms. The summed E-state index contributed by atoms with van der Waals surface area (Å²) in [5, 5.41) is 5.74. The van der Waals surface area contributed by atoms with Crippen LogP contribution in [0.25, 0.3) is 11.3 Å². The van der Waals surface area contributed by atoms with Crippen LogP contribution in [0.4, 0.5) is 5.13 Å². The fraction of sp³-hybridized carbons (Fsp3) is 0.200. The van der Waals surface area contributed by atoms with Crippen LogP contribution >= 0.6 is 22.9 Å². The highest BCUT2D eigenvalue weighted by Crippen LogP contribution is 2.26. The Kier molecular flexibility index (Phi) is 5.51. The number of amides is 1. The largest absolute Gasteiger partial charge is 0.298 e. The van der Waals surface area contributed by atoms with E-state index in [2.05, 4.69) is 48.4 Å². The van der Waals surface area contributed by atoms with E-state index in [9.17, 15) is 4.79 Å². The van der Waals surface area contributed by atoms with Crippen LogP contribution < -0.4 is 5.32 Å². The third kappa shape index (κ3) is 4.47. The molecule has 5 heteroatoms. The number of halogens is 1. The normalized spacial score (nSPS) is 10.9. The Morgan fingerprint density at radius 3 is 2.56 bits per heavy atom. The Morgan fingerprint density at radius 1 is 1.16 bits per heavy atom. The molecule has 1 heterocycles. The Hall–Kier alpha value is -2.17. The summed E-state index contributed by atoms with van der Waals surface area (Å²) in [6.07, 6.45) is 1.07. The quantitative estimate of drug-likeness (QED) is 0.606. The van der Waals surface area contributed by atoms with Crippen LogP contribution in [0.3, 0.4) is 0 Å². The molecule has 0 fully saturated rings. The summed E-state index contributed by atoms with van der Waals surface area (Å²) < 4.78 is 0. The van der Waals surface area contributed by atoms with Gasteiger partial charge < -0.3 is 0 Å². The molecule has 2 aromatic carbocycles. The highest BCUT2D eigenvalue weighted by molar-refractivity contribution is 7.14. The zero-order chi connectivity index (χ0) is 17.8. The molecule has 0 radical (unpaired) electrons. The molecular weight excluding hydrogens is 352 g/mol. The van der Waals surface area contributed by atoms with Crippen molar-refractivity contribution in [2.75, 3.05) is 5.32 Å². The molecule has 3 nitrogen and oxygen atoms in total. The number of nitrogens with one attached hydrogen (secondary N) is 1. The topological polar surface area (TPSA) is 42.0 Å². The van der Waals surface area contributed by atoms with Crippen LogP contribution in [0.2, 0.25) is 5.02 Å². The number of carbonyl (C=O) groups is 1. The smallest absolute Gasteiger partial charge is 0.258 e. The van der Waals surface area contributed by atoms with Gasteiger partial charge in [-0.15, -0.1) is 11.3 Å². The van der Waals surface area contributed by atoms with Crippen LogP contribution in [-0.2, 0) is 6.42 Å². The SMILES string of the molecule is CC(C)Cc1ccc(-c2csc(NC(=O)c3ccccc3Cl)n2)cc1. The second kappa shape index (κ2) is 7.81. The summed E-state index contributed by atoms with van der Waals surface area (Å²) >= 11 is 7.46. The minimum Gasteiger partial charge on any atom is -0.298 e. The van der Waals surface area contributed by atoms with E-state index in [0.29, 0.717) is 21.6 Å². The number of carbonyl (C=O) groups excluding carboxylic acids is 1. The lowest BCUT2D eigenvalue weighted by Gasteiger charge is -2.05. The molecule has 0 saturated heterocycles. The average molecular weight is 371 g/mol. The first-order chi connectivity index (χ1) is 12.0. The predicted molar refractivity (Wildman–Crippen MR) is 105 cm³/mol. The van der Waals surface area contributed by atoms with Gasteiger partial charge in [0.05, 0.1) is 16.3 Å². The fourth-order valence-corrected chi connectivity index (χ4v) is 3.49. The highest BCUT2D eigenvalue weighted by Gasteiger charge is 2.12. The Labute approximate surface area is 156 Å². The lowest BCUT2D eigenvalue weighted by atomic mass is 10.0. The summed E-state index contributed by atoms with van der Waals surface area (Å²) in [7, 11) is 0. The van der Waals surface area contributed by atoms with Gasteiger partial charge in [0, 0.05) is 10.9 Å². The first kappa shape index (κ1) is 17.6. The number of aromatic nitrogens is 1. The van der Waals surface area contributed by atoms with Crippen LogP contribution in [0, 0.1) is 5.92 Å². The van der Waals surface area contributed by atoms with Crippen molar-refractivity contribution in [3.63, 3.8) is 0 Å². The molecule has 1 aromatic heterocycles. The van der Waals surface area contributed by atoms with E-state index in [0.717, 1.165) is 17.7 Å². The molecule has 3 aromatic rings. The van der Waals surface area contributed by atoms with Crippen molar-refractivity contribution >= 4 is 34.0 Å². The molecular formula is C20H19ClN2OS. The van der Waals surface area contributed by atoms with Crippen molar-refractivity contribution in [3.8, 4) is 11.3 Å². The fourth-order valence-electron chi connectivity index (χ4n) is 2.56. The Morgan fingerprint density at radius 2 is 1.88 bits per heavy atom. The number of hydrogen-bond acceptors (Lipinski definition) is 3. The lowest BCUT2D eigenvalue weighted by molar-refractivity contribution is 0.102. The molecule has 0 unspecified atom stereocenters. The van der Waals surface area contributed by atoms with Gasteiger partial charge in [-0.05, 0) is 30.0 Å². The molecule has 1 amide bonds. The van der Waals surface area contributed by atoms with E-state index < -0.39 is 0 Å². The minimum absolute atomic E-state index is 0.251. The molecule has 0 spiro atoms. The van der Waals surface area contributed by atoms with Gasteiger partial charge in [0.15, 0.2) is 5.13 Å². The van der Waals surface area contributed by atoms with Gasteiger partial charge in [-0.2, -0.15) is 0 Å². The van der Waals surface area contributed by atoms with Crippen molar-refractivity contribution in [1.82, 2.24) is 4.98 Å². The van der Waals surface area contributed by atoms with Crippen LogP contribution in [0.1, 0.15) is 29.8 Å². The molecule has 0 saturated carbocycles. The first-order valence-electron chi connectivity index (χ1n) is 8.13. The molecule has 3 rings (SSSR count). The zero-order valence-electron chi connectivity index (χ0n) is 14.1. The van der Waals surface area contributed by atoms with Crippen molar-refractivity contribution in [3.05, 3.63) is 70.1 Å². The Bertz CT molecular complexity index is 871. The zero-order valence-corrected chi connectivity index (χ0v) is 15.7. The molecule has 128 valence electrons. The molecule has 25 heavy (non-hydrogen) atoms. The van der Waals surface area contributed by atoms with Crippen LogP contribution in [0.5, 0.6) is 0 Å². The van der Waals surface area contributed by atoms with E-state index in [4.69, 9.17) is 11.6 Å². The van der Waals surface area contributed by atoms with Gasteiger partial charge in [-0.25, -0.2) is 4.98 Å².